The minimum atomic E-state index is 0.101. The van der Waals surface area contributed by atoms with E-state index in [0.717, 1.165) is 25.9 Å². The molecule has 1 amide bonds. The van der Waals surface area contributed by atoms with Crippen molar-refractivity contribution in [2.45, 2.75) is 12.8 Å². The van der Waals surface area contributed by atoms with Gasteiger partial charge in [-0.05, 0) is 19.4 Å². The molecule has 1 aliphatic heterocycles. The number of methoxy groups -OCH3 is 1. The Balaban J connectivity index is 2.20. The third kappa shape index (κ3) is 2.79. The molecule has 0 spiro atoms. The molecule has 4 heteroatoms. The third-order valence-corrected chi connectivity index (χ3v) is 2.06. The van der Waals surface area contributed by atoms with E-state index in [4.69, 9.17) is 4.74 Å². The molecule has 0 aromatic heterocycles. The highest BCUT2D eigenvalue weighted by atomic mass is 16.5. The van der Waals surface area contributed by atoms with Gasteiger partial charge in [0.2, 0.25) is 5.91 Å². The van der Waals surface area contributed by atoms with Crippen LogP contribution in [0.3, 0.4) is 0 Å². The molecule has 1 aliphatic rings. The van der Waals surface area contributed by atoms with Crippen LogP contribution in [0.25, 0.3) is 0 Å². The summed E-state index contributed by atoms with van der Waals surface area (Å²) in [6.07, 6.45) is 2.08. The summed E-state index contributed by atoms with van der Waals surface area (Å²) in [7, 11) is 1.57. The molecular weight excluding hydrogens is 156 g/mol. The highest BCUT2D eigenvalue weighted by molar-refractivity contribution is 5.78. The first-order valence-electron chi connectivity index (χ1n) is 4.32. The largest absolute Gasteiger partial charge is 0.364 e. The van der Waals surface area contributed by atoms with Crippen molar-refractivity contribution in [1.82, 2.24) is 10.6 Å². The zero-order chi connectivity index (χ0) is 8.81. The first-order valence-corrected chi connectivity index (χ1v) is 4.32. The fraction of sp³-hybridized carbons (Fsp3) is 0.875. The maximum Gasteiger partial charge on any atom is 0.226 e. The van der Waals surface area contributed by atoms with Crippen molar-refractivity contribution in [3.63, 3.8) is 0 Å². The van der Waals surface area contributed by atoms with Gasteiger partial charge in [-0.2, -0.15) is 0 Å². The molecule has 0 radical (unpaired) electrons. The van der Waals surface area contributed by atoms with Crippen molar-refractivity contribution in [3.05, 3.63) is 0 Å². The van der Waals surface area contributed by atoms with E-state index in [2.05, 4.69) is 10.6 Å². The quantitative estimate of drug-likeness (QED) is 0.575. The van der Waals surface area contributed by atoms with E-state index in [1.165, 1.54) is 0 Å². The Hall–Kier alpha value is -0.610. The van der Waals surface area contributed by atoms with Gasteiger partial charge < -0.3 is 15.4 Å². The molecule has 1 rings (SSSR count). The standard InChI is InChI=1S/C8H16N2O2/c1-12-6-10-8(11)7-3-2-4-9-5-7/h7,9H,2-6H2,1H3,(H,10,11). The van der Waals surface area contributed by atoms with Gasteiger partial charge in [-0.15, -0.1) is 0 Å². The lowest BCUT2D eigenvalue weighted by Gasteiger charge is -2.21. The van der Waals surface area contributed by atoms with E-state index in [-0.39, 0.29) is 11.8 Å². The summed E-state index contributed by atoms with van der Waals surface area (Å²) >= 11 is 0. The van der Waals surface area contributed by atoms with Crippen LogP contribution in [0.5, 0.6) is 0 Å². The number of carbonyl (C=O) groups excluding carboxylic acids is 1. The molecule has 1 fully saturated rings. The summed E-state index contributed by atoms with van der Waals surface area (Å²) in [4.78, 5) is 11.3. The monoisotopic (exact) mass is 172 g/mol. The summed E-state index contributed by atoms with van der Waals surface area (Å²) in [5, 5.41) is 5.89. The van der Waals surface area contributed by atoms with Gasteiger partial charge in [-0.1, -0.05) is 0 Å². The van der Waals surface area contributed by atoms with Crippen LogP contribution in [0.15, 0.2) is 0 Å². The predicted octanol–water partition coefficient (Wildman–Crippen LogP) is -0.294. The molecule has 4 nitrogen and oxygen atoms in total. The number of amides is 1. The number of carbonyl (C=O) groups is 1. The third-order valence-electron chi connectivity index (χ3n) is 2.06. The van der Waals surface area contributed by atoms with Crippen molar-refractivity contribution in [2.75, 3.05) is 26.9 Å². The van der Waals surface area contributed by atoms with Crippen molar-refractivity contribution in [1.29, 1.82) is 0 Å². The fourth-order valence-corrected chi connectivity index (χ4v) is 1.36. The second-order valence-electron chi connectivity index (χ2n) is 3.02. The smallest absolute Gasteiger partial charge is 0.226 e. The van der Waals surface area contributed by atoms with Crippen LogP contribution in [-0.4, -0.2) is 32.8 Å². The number of nitrogens with one attached hydrogen (secondary N) is 2. The van der Waals surface area contributed by atoms with Gasteiger partial charge in [-0.25, -0.2) is 0 Å². The predicted molar refractivity (Wildman–Crippen MR) is 45.6 cm³/mol. The molecule has 1 atom stereocenters. The molecular formula is C8H16N2O2. The Morgan fingerprint density at radius 3 is 3.17 bits per heavy atom. The van der Waals surface area contributed by atoms with E-state index in [0.29, 0.717) is 6.73 Å². The topological polar surface area (TPSA) is 50.4 Å². The molecule has 0 aliphatic carbocycles. The summed E-state index contributed by atoms with van der Waals surface area (Å²) in [5.41, 5.74) is 0. The van der Waals surface area contributed by atoms with Crippen molar-refractivity contribution in [2.24, 2.45) is 5.92 Å². The van der Waals surface area contributed by atoms with E-state index >= 15 is 0 Å². The molecule has 1 heterocycles. The fourth-order valence-electron chi connectivity index (χ4n) is 1.36. The molecule has 0 aromatic carbocycles. The van der Waals surface area contributed by atoms with Crippen molar-refractivity contribution >= 4 is 5.91 Å². The van der Waals surface area contributed by atoms with Gasteiger partial charge in [0.25, 0.3) is 0 Å². The average Bonchev–Trinajstić information content (AvgIpc) is 2.15. The van der Waals surface area contributed by atoms with E-state index in [1.54, 1.807) is 7.11 Å². The first-order chi connectivity index (χ1) is 5.84. The Morgan fingerprint density at radius 2 is 2.58 bits per heavy atom. The minimum absolute atomic E-state index is 0.101. The van der Waals surface area contributed by atoms with E-state index < -0.39 is 0 Å². The van der Waals surface area contributed by atoms with Crippen LogP contribution in [0.2, 0.25) is 0 Å². The Morgan fingerprint density at radius 1 is 1.75 bits per heavy atom. The second-order valence-corrected chi connectivity index (χ2v) is 3.02. The van der Waals surface area contributed by atoms with Gasteiger partial charge in [-0.3, -0.25) is 4.79 Å². The number of ether oxygens (including phenoxy) is 1. The van der Waals surface area contributed by atoms with Crippen LogP contribution in [0, 0.1) is 5.92 Å². The second kappa shape index (κ2) is 5.11. The summed E-state index contributed by atoms with van der Waals surface area (Å²) in [6, 6.07) is 0. The lowest BCUT2D eigenvalue weighted by atomic mass is 9.99. The molecule has 0 aromatic rings. The van der Waals surface area contributed by atoms with Gasteiger partial charge in [0.15, 0.2) is 0 Å². The number of piperidine rings is 1. The lowest BCUT2D eigenvalue weighted by molar-refractivity contribution is -0.126. The SMILES string of the molecule is COCNC(=O)C1CCCNC1. The normalized spacial score (nSPS) is 23.6. The molecule has 0 saturated carbocycles. The van der Waals surface area contributed by atoms with Crippen molar-refractivity contribution in [3.8, 4) is 0 Å². The molecule has 70 valence electrons. The van der Waals surface area contributed by atoms with Gasteiger partial charge in [0, 0.05) is 13.7 Å². The number of rotatable bonds is 3. The Labute approximate surface area is 72.7 Å². The summed E-state index contributed by atoms with van der Waals surface area (Å²) in [6.45, 7) is 2.15. The summed E-state index contributed by atoms with van der Waals surface area (Å²) in [5.74, 6) is 0.234. The molecule has 0 bridgehead atoms. The highest BCUT2D eigenvalue weighted by Crippen LogP contribution is 2.09. The highest BCUT2D eigenvalue weighted by Gasteiger charge is 2.19. The van der Waals surface area contributed by atoms with Gasteiger partial charge in [0.05, 0.1) is 5.92 Å². The molecule has 2 N–H and O–H groups in total. The minimum Gasteiger partial charge on any atom is -0.364 e. The van der Waals surface area contributed by atoms with Crippen LogP contribution in [-0.2, 0) is 9.53 Å². The van der Waals surface area contributed by atoms with Crippen LogP contribution in [0.4, 0.5) is 0 Å². The van der Waals surface area contributed by atoms with Crippen LogP contribution < -0.4 is 10.6 Å². The number of hydrogen-bond acceptors (Lipinski definition) is 3. The average molecular weight is 172 g/mol. The van der Waals surface area contributed by atoms with Gasteiger partial charge >= 0.3 is 0 Å². The Kier molecular flexibility index (Phi) is 4.04. The van der Waals surface area contributed by atoms with Crippen LogP contribution >= 0.6 is 0 Å². The molecule has 1 saturated heterocycles. The molecule has 1 unspecified atom stereocenters. The van der Waals surface area contributed by atoms with E-state index in [9.17, 15) is 4.79 Å². The zero-order valence-corrected chi connectivity index (χ0v) is 7.43. The zero-order valence-electron chi connectivity index (χ0n) is 7.43. The van der Waals surface area contributed by atoms with Crippen molar-refractivity contribution < 1.29 is 9.53 Å². The Bertz CT molecular complexity index is 144. The molecule has 12 heavy (non-hydrogen) atoms. The lowest BCUT2D eigenvalue weighted by Crippen LogP contribution is -2.41. The summed E-state index contributed by atoms with van der Waals surface area (Å²) < 4.78 is 4.75. The van der Waals surface area contributed by atoms with Crippen LogP contribution in [0.1, 0.15) is 12.8 Å². The van der Waals surface area contributed by atoms with E-state index in [1.807, 2.05) is 0 Å². The maximum absolute atomic E-state index is 11.3. The maximum atomic E-state index is 11.3. The van der Waals surface area contributed by atoms with Gasteiger partial charge in [0.1, 0.15) is 6.73 Å². The number of hydrogen-bond donors (Lipinski definition) is 2. The first kappa shape index (κ1) is 9.48.